The molecule has 0 amide bonds. The Bertz CT molecular complexity index is 188. The molecule has 116 valence electrons. The van der Waals surface area contributed by atoms with Gasteiger partial charge in [0.1, 0.15) is 0 Å². The summed E-state index contributed by atoms with van der Waals surface area (Å²) in [5.74, 6) is -0.194. The van der Waals surface area contributed by atoms with E-state index in [4.69, 9.17) is 10.2 Å². The van der Waals surface area contributed by atoms with E-state index in [-0.39, 0.29) is 5.92 Å². The number of hydrogen-bond acceptors (Lipinski definition) is 2. The summed E-state index contributed by atoms with van der Waals surface area (Å²) >= 11 is 0. The fourth-order valence-electron chi connectivity index (χ4n) is 1.87. The van der Waals surface area contributed by atoms with Crippen molar-refractivity contribution in [3.05, 3.63) is 0 Å². The van der Waals surface area contributed by atoms with Gasteiger partial charge in [-0.1, -0.05) is 59.8 Å². The molecule has 0 aromatic rings. The Morgan fingerprint density at radius 2 is 1.47 bits per heavy atom. The van der Waals surface area contributed by atoms with Crippen LogP contribution in [0.4, 0.5) is 0 Å². The highest BCUT2D eigenvalue weighted by Gasteiger charge is 2.12. The average molecular weight is 274 g/mol. The Hall–Kier alpha value is -0.570. The SMILES string of the molecule is CCCCC(CC)C(=O)O.CCCCC(CC)CO. The summed E-state index contributed by atoms with van der Waals surface area (Å²) < 4.78 is 0. The van der Waals surface area contributed by atoms with Crippen molar-refractivity contribution < 1.29 is 15.0 Å². The maximum Gasteiger partial charge on any atom is 0.306 e. The first kappa shape index (κ1) is 20.7. The number of carbonyl (C=O) groups is 1. The molecule has 0 aromatic heterocycles. The summed E-state index contributed by atoms with van der Waals surface area (Å²) in [4.78, 5) is 10.4. The number of carboxylic acid groups (broad SMARTS) is 1. The monoisotopic (exact) mass is 274 g/mol. The molecule has 19 heavy (non-hydrogen) atoms. The van der Waals surface area contributed by atoms with Crippen LogP contribution in [0, 0.1) is 11.8 Å². The zero-order valence-electron chi connectivity index (χ0n) is 13.3. The van der Waals surface area contributed by atoms with Crippen molar-refractivity contribution in [1.82, 2.24) is 0 Å². The molecule has 0 aliphatic carbocycles. The Kier molecular flexibility index (Phi) is 16.9. The number of aliphatic hydroxyl groups is 1. The van der Waals surface area contributed by atoms with Gasteiger partial charge in [0.25, 0.3) is 0 Å². The van der Waals surface area contributed by atoms with Gasteiger partial charge in [0.15, 0.2) is 0 Å². The number of carboxylic acids is 1. The summed E-state index contributed by atoms with van der Waals surface area (Å²) in [5.41, 5.74) is 0. The zero-order valence-corrected chi connectivity index (χ0v) is 13.3. The first-order valence-corrected chi connectivity index (χ1v) is 7.90. The van der Waals surface area contributed by atoms with Crippen LogP contribution < -0.4 is 0 Å². The third-order valence-corrected chi connectivity index (χ3v) is 3.55. The van der Waals surface area contributed by atoms with E-state index >= 15 is 0 Å². The van der Waals surface area contributed by atoms with Gasteiger partial charge in [0, 0.05) is 6.61 Å². The third-order valence-electron chi connectivity index (χ3n) is 3.55. The lowest BCUT2D eigenvalue weighted by Gasteiger charge is -2.08. The second kappa shape index (κ2) is 15.5. The zero-order chi connectivity index (χ0) is 15.1. The van der Waals surface area contributed by atoms with Gasteiger partial charge < -0.3 is 10.2 Å². The summed E-state index contributed by atoms with van der Waals surface area (Å²) in [6.07, 6.45) is 8.54. The Labute approximate surface area is 119 Å². The molecule has 0 aromatic carbocycles. The predicted molar refractivity (Wildman–Crippen MR) is 81.3 cm³/mol. The van der Waals surface area contributed by atoms with Crippen molar-refractivity contribution in [2.75, 3.05) is 6.61 Å². The molecule has 0 heterocycles. The van der Waals surface area contributed by atoms with Crippen molar-refractivity contribution in [1.29, 1.82) is 0 Å². The topological polar surface area (TPSA) is 57.5 Å². The fourth-order valence-corrected chi connectivity index (χ4v) is 1.87. The minimum Gasteiger partial charge on any atom is -0.481 e. The average Bonchev–Trinajstić information content (AvgIpc) is 2.41. The highest BCUT2D eigenvalue weighted by Crippen LogP contribution is 2.12. The molecule has 0 fully saturated rings. The van der Waals surface area contributed by atoms with Crippen LogP contribution >= 0.6 is 0 Å². The number of hydrogen-bond donors (Lipinski definition) is 2. The van der Waals surface area contributed by atoms with Crippen LogP contribution in [0.2, 0.25) is 0 Å². The summed E-state index contributed by atoms with van der Waals surface area (Å²) in [6, 6.07) is 0. The standard InChI is InChI=1S/C8H16O2.C8H18O/c1-3-5-6-7(4-2)8(9)10;1-3-5-6-8(4-2)7-9/h7H,3-6H2,1-2H3,(H,9,10);8-9H,3-7H2,1-2H3. The highest BCUT2D eigenvalue weighted by atomic mass is 16.4. The van der Waals surface area contributed by atoms with Gasteiger partial charge in [-0.05, 0) is 25.2 Å². The number of aliphatic hydroxyl groups excluding tert-OH is 1. The first-order chi connectivity index (χ1) is 9.06. The minimum atomic E-state index is -0.643. The summed E-state index contributed by atoms with van der Waals surface area (Å²) in [7, 11) is 0. The summed E-state index contributed by atoms with van der Waals surface area (Å²) in [6.45, 7) is 8.69. The second-order valence-electron chi connectivity index (χ2n) is 5.18. The van der Waals surface area contributed by atoms with E-state index in [1.165, 1.54) is 19.3 Å². The number of unbranched alkanes of at least 4 members (excludes halogenated alkanes) is 2. The van der Waals surface area contributed by atoms with Crippen LogP contribution in [-0.4, -0.2) is 22.8 Å². The first-order valence-electron chi connectivity index (χ1n) is 7.90. The maximum atomic E-state index is 10.4. The Morgan fingerprint density at radius 1 is 0.947 bits per heavy atom. The highest BCUT2D eigenvalue weighted by molar-refractivity contribution is 5.69. The van der Waals surface area contributed by atoms with Crippen molar-refractivity contribution in [3.63, 3.8) is 0 Å². The minimum absolute atomic E-state index is 0.111. The lowest BCUT2D eigenvalue weighted by molar-refractivity contribution is -0.142. The lowest BCUT2D eigenvalue weighted by atomic mass is 10.00. The van der Waals surface area contributed by atoms with E-state index in [0.717, 1.165) is 32.1 Å². The molecular weight excluding hydrogens is 240 g/mol. The van der Waals surface area contributed by atoms with Crippen molar-refractivity contribution in [3.8, 4) is 0 Å². The van der Waals surface area contributed by atoms with E-state index in [1.54, 1.807) is 0 Å². The van der Waals surface area contributed by atoms with Gasteiger partial charge in [0.05, 0.1) is 5.92 Å². The van der Waals surface area contributed by atoms with E-state index < -0.39 is 5.97 Å². The van der Waals surface area contributed by atoms with Crippen molar-refractivity contribution in [2.45, 2.75) is 79.1 Å². The molecule has 0 aliphatic heterocycles. The normalized spacial score (nSPS) is 13.3. The van der Waals surface area contributed by atoms with Gasteiger partial charge >= 0.3 is 5.97 Å². The van der Waals surface area contributed by atoms with Gasteiger partial charge in [-0.2, -0.15) is 0 Å². The van der Waals surface area contributed by atoms with E-state index in [0.29, 0.717) is 12.5 Å². The Morgan fingerprint density at radius 3 is 1.79 bits per heavy atom. The predicted octanol–water partition coefficient (Wildman–Crippen LogP) is 4.48. The van der Waals surface area contributed by atoms with Gasteiger partial charge in [-0.15, -0.1) is 0 Å². The van der Waals surface area contributed by atoms with Crippen LogP contribution in [0.15, 0.2) is 0 Å². The molecule has 0 saturated carbocycles. The smallest absolute Gasteiger partial charge is 0.306 e. The summed E-state index contributed by atoms with van der Waals surface area (Å²) in [5, 5.41) is 17.4. The Balaban J connectivity index is 0. The molecule has 2 atom stereocenters. The van der Waals surface area contributed by atoms with Crippen molar-refractivity contribution >= 4 is 5.97 Å². The molecule has 0 radical (unpaired) electrons. The number of rotatable bonds is 10. The molecule has 0 bridgehead atoms. The van der Waals surface area contributed by atoms with Crippen LogP contribution in [0.25, 0.3) is 0 Å². The number of aliphatic carboxylic acids is 1. The van der Waals surface area contributed by atoms with Crippen molar-refractivity contribution in [2.24, 2.45) is 11.8 Å². The maximum absolute atomic E-state index is 10.4. The quantitative estimate of drug-likeness (QED) is 0.617. The molecule has 3 nitrogen and oxygen atoms in total. The largest absolute Gasteiger partial charge is 0.481 e. The molecule has 3 heteroatoms. The lowest BCUT2D eigenvalue weighted by Crippen LogP contribution is -2.11. The molecule has 2 unspecified atom stereocenters. The van der Waals surface area contributed by atoms with E-state index in [9.17, 15) is 4.79 Å². The van der Waals surface area contributed by atoms with Crippen LogP contribution in [-0.2, 0) is 4.79 Å². The van der Waals surface area contributed by atoms with E-state index in [2.05, 4.69) is 20.8 Å². The molecular formula is C16H34O3. The fraction of sp³-hybridized carbons (Fsp3) is 0.938. The van der Waals surface area contributed by atoms with Gasteiger partial charge in [-0.3, -0.25) is 4.79 Å². The molecule has 2 N–H and O–H groups in total. The molecule has 0 rings (SSSR count). The van der Waals surface area contributed by atoms with Gasteiger partial charge in [0.2, 0.25) is 0 Å². The third kappa shape index (κ3) is 13.7. The second-order valence-corrected chi connectivity index (χ2v) is 5.18. The van der Waals surface area contributed by atoms with E-state index in [1.807, 2.05) is 6.92 Å². The molecule has 0 spiro atoms. The van der Waals surface area contributed by atoms with Crippen LogP contribution in [0.3, 0.4) is 0 Å². The van der Waals surface area contributed by atoms with Crippen LogP contribution in [0.1, 0.15) is 79.1 Å². The molecule has 0 aliphatic rings. The van der Waals surface area contributed by atoms with Gasteiger partial charge in [-0.25, -0.2) is 0 Å². The van der Waals surface area contributed by atoms with Crippen LogP contribution in [0.5, 0.6) is 0 Å². The molecule has 0 saturated heterocycles.